The van der Waals surface area contributed by atoms with Gasteiger partial charge in [-0.15, -0.1) is 12.4 Å². The summed E-state index contributed by atoms with van der Waals surface area (Å²) < 4.78 is 6.11. The number of nitrogens with two attached hydrogens (primary N) is 1. The summed E-state index contributed by atoms with van der Waals surface area (Å²) >= 11 is 6.14. The van der Waals surface area contributed by atoms with E-state index in [4.69, 9.17) is 22.1 Å². The summed E-state index contributed by atoms with van der Waals surface area (Å²) in [5, 5.41) is 0.572. The van der Waals surface area contributed by atoms with Gasteiger partial charge in [-0.25, -0.2) is 0 Å². The van der Waals surface area contributed by atoms with Crippen LogP contribution in [0.25, 0.3) is 0 Å². The quantitative estimate of drug-likeness (QED) is 0.839. The van der Waals surface area contributed by atoms with Gasteiger partial charge in [-0.05, 0) is 69.6 Å². The first-order valence-corrected chi connectivity index (χ1v) is 9.43. The third kappa shape index (κ3) is 5.02. The van der Waals surface area contributed by atoms with Crippen LogP contribution in [0.4, 0.5) is 0 Å². The zero-order valence-corrected chi connectivity index (χ0v) is 16.3. The number of carbonyl (C=O) groups is 1. The molecule has 4 nitrogen and oxygen atoms in total. The summed E-state index contributed by atoms with van der Waals surface area (Å²) in [4.78, 5) is 14.9. The molecule has 0 aromatic heterocycles. The maximum atomic E-state index is 13.0. The van der Waals surface area contributed by atoms with E-state index in [9.17, 15) is 4.79 Å². The van der Waals surface area contributed by atoms with Crippen LogP contribution >= 0.6 is 24.0 Å². The minimum Gasteiger partial charge on any atom is -0.490 e. The molecule has 1 aromatic carbocycles. The molecule has 140 valence electrons. The summed E-state index contributed by atoms with van der Waals surface area (Å²) in [7, 11) is 0. The molecular weight excluding hydrogens is 359 g/mol. The number of nitrogens with zero attached hydrogens (tertiary/aromatic N) is 1. The maximum Gasteiger partial charge on any atom is 0.257 e. The molecule has 1 saturated carbocycles. The molecule has 1 aliphatic heterocycles. The van der Waals surface area contributed by atoms with Crippen molar-refractivity contribution in [2.45, 2.75) is 57.6 Å². The SMILES string of the molecule is CC(N)C1CCN(C(=O)c2cc(Cl)ccc2OC2CCCC2)CC1.Cl. The van der Waals surface area contributed by atoms with Gasteiger partial charge in [0.15, 0.2) is 0 Å². The monoisotopic (exact) mass is 386 g/mol. The van der Waals surface area contributed by atoms with E-state index < -0.39 is 0 Å². The van der Waals surface area contributed by atoms with Crippen LogP contribution in [-0.4, -0.2) is 36.0 Å². The van der Waals surface area contributed by atoms with Gasteiger partial charge in [0.1, 0.15) is 5.75 Å². The van der Waals surface area contributed by atoms with E-state index in [-0.39, 0.29) is 30.5 Å². The first-order valence-electron chi connectivity index (χ1n) is 9.05. The largest absolute Gasteiger partial charge is 0.490 e. The summed E-state index contributed by atoms with van der Waals surface area (Å²) in [6, 6.07) is 5.56. The number of piperidine rings is 1. The van der Waals surface area contributed by atoms with E-state index in [1.165, 1.54) is 12.8 Å². The van der Waals surface area contributed by atoms with Crippen molar-refractivity contribution < 1.29 is 9.53 Å². The Bertz CT molecular complexity index is 581. The van der Waals surface area contributed by atoms with Gasteiger partial charge in [0.05, 0.1) is 11.7 Å². The summed E-state index contributed by atoms with van der Waals surface area (Å²) in [6.45, 7) is 3.55. The van der Waals surface area contributed by atoms with E-state index in [2.05, 4.69) is 0 Å². The number of ether oxygens (including phenoxy) is 1. The highest BCUT2D eigenvalue weighted by Gasteiger charge is 2.28. The zero-order valence-electron chi connectivity index (χ0n) is 14.7. The van der Waals surface area contributed by atoms with Gasteiger partial charge >= 0.3 is 0 Å². The van der Waals surface area contributed by atoms with Crippen LogP contribution in [0, 0.1) is 5.92 Å². The molecule has 1 heterocycles. The Morgan fingerprint density at radius 1 is 1.24 bits per heavy atom. The van der Waals surface area contributed by atoms with Crippen LogP contribution in [-0.2, 0) is 0 Å². The van der Waals surface area contributed by atoms with Gasteiger partial charge in [-0.2, -0.15) is 0 Å². The summed E-state index contributed by atoms with van der Waals surface area (Å²) in [5.41, 5.74) is 6.59. The number of hydrogen-bond acceptors (Lipinski definition) is 3. The second kappa shape index (κ2) is 9.11. The maximum absolute atomic E-state index is 13.0. The van der Waals surface area contributed by atoms with Crippen molar-refractivity contribution in [3.8, 4) is 5.75 Å². The number of benzene rings is 1. The van der Waals surface area contributed by atoms with Crippen LogP contribution in [0.1, 0.15) is 55.8 Å². The first kappa shape index (κ1) is 20.3. The molecule has 3 rings (SSSR count). The molecule has 1 aromatic rings. The molecule has 1 atom stereocenters. The zero-order chi connectivity index (χ0) is 17.1. The average Bonchev–Trinajstić information content (AvgIpc) is 3.09. The van der Waals surface area contributed by atoms with Crippen molar-refractivity contribution in [2.75, 3.05) is 13.1 Å². The Balaban J connectivity index is 0.00000225. The van der Waals surface area contributed by atoms with Gasteiger partial charge in [0.2, 0.25) is 0 Å². The highest BCUT2D eigenvalue weighted by Crippen LogP contribution is 2.30. The second-order valence-corrected chi connectivity index (χ2v) is 7.59. The molecule has 0 bridgehead atoms. The molecule has 1 amide bonds. The fourth-order valence-corrected chi connectivity index (χ4v) is 3.93. The van der Waals surface area contributed by atoms with Crippen molar-refractivity contribution >= 4 is 29.9 Å². The van der Waals surface area contributed by atoms with Gasteiger partial charge in [0.25, 0.3) is 5.91 Å². The summed E-state index contributed by atoms with van der Waals surface area (Å²) in [5.74, 6) is 1.20. The molecule has 2 N–H and O–H groups in total. The van der Waals surface area contributed by atoms with Gasteiger partial charge < -0.3 is 15.4 Å². The Morgan fingerprint density at radius 3 is 2.48 bits per heavy atom. The lowest BCUT2D eigenvalue weighted by atomic mass is 9.90. The minimum atomic E-state index is 0. The standard InChI is InChI=1S/C19H27ClN2O2.ClH/c1-13(21)14-8-10-22(11-9-14)19(23)17-12-15(20)6-7-18(17)24-16-4-2-3-5-16;/h6-7,12-14,16H,2-5,8-11,21H2,1H3;1H. The van der Waals surface area contributed by atoms with Crippen LogP contribution in [0.2, 0.25) is 5.02 Å². The predicted octanol–water partition coefficient (Wildman–Crippen LogP) is 4.28. The van der Waals surface area contributed by atoms with E-state index in [1.807, 2.05) is 17.9 Å². The first-order chi connectivity index (χ1) is 11.5. The lowest BCUT2D eigenvalue weighted by Crippen LogP contribution is -2.42. The Morgan fingerprint density at radius 2 is 1.88 bits per heavy atom. The average molecular weight is 387 g/mol. The van der Waals surface area contributed by atoms with Crippen molar-refractivity contribution in [3.05, 3.63) is 28.8 Å². The molecule has 1 saturated heterocycles. The lowest BCUT2D eigenvalue weighted by molar-refractivity contribution is 0.0674. The number of hydrogen-bond donors (Lipinski definition) is 1. The topological polar surface area (TPSA) is 55.6 Å². The van der Waals surface area contributed by atoms with Crippen LogP contribution in [0.15, 0.2) is 18.2 Å². The fourth-order valence-electron chi connectivity index (χ4n) is 3.76. The molecule has 0 radical (unpaired) electrons. The Labute approximate surface area is 161 Å². The number of amides is 1. The molecule has 0 spiro atoms. The van der Waals surface area contributed by atoms with E-state index in [1.54, 1.807) is 12.1 Å². The van der Waals surface area contributed by atoms with E-state index in [0.717, 1.165) is 38.8 Å². The normalized spacial score (nSPS) is 20.2. The summed E-state index contributed by atoms with van der Waals surface area (Å²) in [6.07, 6.45) is 6.68. The van der Waals surface area contributed by atoms with Crippen molar-refractivity contribution in [3.63, 3.8) is 0 Å². The third-order valence-electron chi connectivity index (χ3n) is 5.34. The van der Waals surface area contributed by atoms with Gasteiger partial charge in [-0.1, -0.05) is 11.6 Å². The molecule has 2 aliphatic rings. The van der Waals surface area contributed by atoms with Crippen LogP contribution in [0.5, 0.6) is 5.75 Å². The van der Waals surface area contributed by atoms with Crippen molar-refractivity contribution in [2.24, 2.45) is 11.7 Å². The molecular formula is C19H28Cl2N2O2. The van der Waals surface area contributed by atoms with E-state index >= 15 is 0 Å². The molecule has 6 heteroatoms. The smallest absolute Gasteiger partial charge is 0.257 e. The lowest BCUT2D eigenvalue weighted by Gasteiger charge is -2.34. The highest BCUT2D eigenvalue weighted by atomic mass is 35.5. The molecule has 25 heavy (non-hydrogen) atoms. The van der Waals surface area contributed by atoms with E-state index in [0.29, 0.717) is 22.3 Å². The van der Waals surface area contributed by atoms with Crippen molar-refractivity contribution in [1.29, 1.82) is 0 Å². The Kier molecular flexibility index (Phi) is 7.41. The molecule has 1 unspecified atom stereocenters. The predicted molar refractivity (Wildman–Crippen MR) is 104 cm³/mol. The highest BCUT2D eigenvalue weighted by molar-refractivity contribution is 6.31. The molecule has 2 fully saturated rings. The van der Waals surface area contributed by atoms with Gasteiger partial charge in [0, 0.05) is 24.2 Å². The van der Waals surface area contributed by atoms with Crippen molar-refractivity contribution in [1.82, 2.24) is 4.90 Å². The van der Waals surface area contributed by atoms with Gasteiger partial charge in [-0.3, -0.25) is 4.79 Å². The Hall–Kier alpha value is -0.970. The number of likely N-dealkylation sites (tertiary alicyclic amines) is 1. The van der Waals surface area contributed by atoms with Crippen LogP contribution < -0.4 is 10.5 Å². The number of halogens is 2. The fraction of sp³-hybridized carbons (Fsp3) is 0.632. The number of carbonyl (C=O) groups excluding carboxylic acids is 1. The second-order valence-electron chi connectivity index (χ2n) is 7.15. The van der Waals surface area contributed by atoms with Crippen LogP contribution in [0.3, 0.4) is 0 Å². The minimum absolute atomic E-state index is 0. The molecule has 1 aliphatic carbocycles. The third-order valence-corrected chi connectivity index (χ3v) is 5.57. The number of rotatable bonds is 4.